The number of hydrogen-bond acceptors (Lipinski definition) is 4. The normalized spacial score (nSPS) is 13.7. The summed E-state index contributed by atoms with van der Waals surface area (Å²) >= 11 is 0. The summed E-state index contributed by atoms with van der Waals surface area (Å²) in [5.74, 6) is -0.673. The number of nitrogens with zero attached hydrogens (tertiary/aromatic N) is 1. The number of benzene rings is 1. The lowest BCUT2D eigenvalue weighted by molar-refractivity contribution is -0.142. The summed E-state index contributed by atoms with van der Waals surface area (Å²) in [6, 6.07) is 8.67. The molecule has 0 heterocycles. The number of ether oxygens (including phenoxy) is 1. The average Bonchev–Trinajstić information content (AvgIpc) is 2.36. The van der Waals surface area contributed by atoms with Crippen LogP contribution >= 0.6 is 0 Å². The third-order valence-corrected chi connectivity index (χ3v) is 2.64. The van der Waals surface area contributed by atoms with Crippen LogP contribution in [0.5, 0.6) is 0 Å². The van der Waals surface area contributed by atoms with Gasteiger partial charge in [0.25, 0.3) is 0 Å². The average molecular weight is 261 g/mol. The SMILES string of the molecule is C=CC(OC(=O)/C(=N\O)c1ccccc1)C(C)(C)C. The van der Waals surface area contributed by atoms with Gasteiger partial charge in [0.15, 0.2) is 5.71 Å². The Bertz CT molecular complexity index is 472. The summed E-state index contributed by atoms with van der Waals surface area (Å²) in [5, 5.41) is 12.0. The van der Waals surface area contributed by atoms with E-state index in [9.17, 15) is 4.79 Å². The summed E-state index contributed by atoms with van der Waals surface area (Å²) in [4.78, 5) is 12.0. The highest BCUT2D eigenvalue weighted by atomic mass is 16.5. The predicted octanol–water partition coefficient (Wildman–Crippen LogP) is 3.01. The molecule has 1 aromatic rings. The van der Waals surface area contributed by atoms with Crippen LogP contribution in [0, 0.1) is 5.41 Å². The molecule has 0 aliphatic heterocycles. The van der Waals surface area contributed by atoms with E-state index in [2.05, 4.69) is 11.7 Å². The van der Waals surface area contributed by atoms with Gasteiger partial charge >= 0.3 is 5.97 Å². The van der Waals surface area contributed by atoms with Gasteiger partial charge in [0.2, 0.25) is 0 Å². The maximum absolute atomic E-state index is 12.0. The first kappa shape index (κ1) is 15.0. The molecule has 0 fully saturated rings. The Morgan fingerprint density at radius 3 is 2.37 bits per heavy atom. The van der Waals surface area contributed by atoms with E-state index in [1.807, 2.05) is 26.8 Å². The highest BCUT2D eigenvalue weighted by Crippen LogP contribution is 2.23. The largest absolute Gasteiger partial charge is 0.453 e. The molecule has 1 atom stereocenters. The van der Waals surface area contributed by atoms with Gasteiger partial charge in [-0.2, -0.15) is 0 Å². The molecule has 19 heavy (non-hydrogen) atoms. The Balaban J connectivity index is 2.91. The Hall–Kier alpha value is -2.10. The second kappa shape index (κ2) is 6.18. The fraction of sp³-hybridized carbons (Fsp3) is 0.333. The molecule has 0 amide bonds. The molecule has 0 aliphatic rings. The molecular weight excluding hydrogens is 242 g/mol. The number of rotatable bonds is 4. The molecule has 0 aromatic heterocycles. The van der Waals surface area contributed by atoms with E-state index in [1.165, 1.54) is 0 Å². The van der Waals surface area contributed by atoms with Crippen LogP contribution in [0.2, 0.25) is 0 Å². The smallest absolute Gasteiger partial charge is 0.361 e. The second-order valence-electron chi connectivity index (χ2n) is 5.24. The van der Waals surface area contributed by atoms with Crippen molar-refractivity contribution in [2.75, 3.05) is 0 Å². The number of hydrogen-bond donors (Lipinski definition) is 1. The van der Waals surface area contributed by atoms with Crippen LogP contribution in [0.15, 0.2) is 48.1 Å². The zero-order valence-electron chi connectivity index (χ0n) is 11.5. The first-order chi connectivity index (χ1) is 8.90. The van der Waals surface area contributed by atoms with Crippen LogP contribution in [-0.4, -0.2) is 23.0 Å². The first-order valence-corrected chi connectivity index (χ1v) is 6.01. The van der Waals surface area contributed by atoms with Crippen molar-refractivity contribution in [2.24, 2.45) is 10.6 Å². The minimum absolute atomic E-state index is 0.114. The van der Waals surface area contributed by atoms with E-state index in [-0.39, 0.29) is 11.1 Å². The van der Waals surface area contributed by atoms with E-state index >= 15 is 0 Å². The predicted molar refractivity (Wildman–Crippen MR) is 74.3 cm³/mol. The molecule has 0 saturated heterocycles. The fourth-order valence-electron chi connectivity index (χ4n) is 1.56. The molecular formula is C15H19NO3. The molecule has 4 nitrogen and oxygen atoms in total. The molecule has 1 rings (SSSR count). The van der Waals surface area contributed by atoms with E-state index < -0.39 is 12.1 Å². The van der Waals surface area contributed by atoms with E-state index in [0.717, 1.165) is 0 Å². The maximum Gasteiger partial charge on any atom is 0.361 e. The molecule has 1 unspecified atom stereocenters. The molecule has 0 spiro atoms. The van der Waals surface area contributed by atoms with E-state index in [0.29, 0.717) is 5.56 Å². The van der Waals surface area contributed by atoms with Crippen LogP contribution < -0.4 is 0 Å². The lowest BCUT2D eigenvalue weighted by Gasteiger charge is -2.27. The fourth-order valence-corrected chi connectivity index (χ4v) is 1.56. The Kier molecular flexibility index (Phi) is 4.87. The maximum atomic E-state index is 12.0. The van der Waals surface area contributed by atoms with Crippen LogP contribution in [0.1, 0.15) is 26.3 Å². The van der Waals surface area contributed by atoms with Crippen LogP contribution in [0.3, 0.4) is 0 Å². The van der Waals surface area contributed by atoms with Gasteiger partial charge < -0.3 is 9.94 Å². The Morgan fingerprint density at radius 1 is 1.37 bits per heavy atom. The third-order valence-electron chi connectivity index (χ3n) is 2.64. The van der Waals surface area contributed by atoms with Crippen LogP contribution in [-0.2, 0) is 9.53 Å². The molecule has 0 radical (unpaired) electrons. The zero-order valence-corrected chi connectivity index (χ0v) is 11.5. The Labute approximate surface area is 113 Å². The summed E-state index contributed by atoms with van der Waals surface area (Å²) in [6.45, 7) is 9.47. The monoisotopic (exact) mass is 261 g/mol. The van der Waals surface area contributed by atoms with Gasteiger partial charge in [0, 0.05) is 11.0 Å². The van der Waals surface area contributed by atoms with Gasteiger partial charge in [-0.1, -0.05) is 68.9 Å². The topological polar surface area (TPSA) is 58.9 Å². The first-order valence-electron chi connectivity index (χ1n) is 6.01. The minimum Gasteiger partial charge on any atom is -0.453 e. The van der Waals surface area contributed by atoms with Gasteiger partial charge in [0.05, 0.1) is 0 Å². The number of carbonyl (C=O) groups excluding carboxylic acids is 1. The van der Waals surface area contributed by atoms with Crippen molar-refractivity contribution in [3.8, 4) is 0 Å². The molecule has 0 saturated carbocycles. The van der Waals surface area contributed by atoms with Crippen molar-refractivity contribution in [3.63, 3.8) is 0 Å². The van der Waals surface area contributed by atoms with Crippen LogP contribution in [0.25, 0.3) is 0 Å². The molecule has 102 valence electrons. The van der Waals surface area contributed by atoms with Gasteiger partial charge in [-0.3, -0.25) is 0 Å². The lowest BCUT2D eigenvalue weighted by atomic mass is 9.89. The highest BCUT2D eigenvalue weighted by molar-refractivity contribution is 6.43. The van der Waals surface area contributed by atoms with Gasteiger partial charge in [-0.15, -0.1) is 0 Å². The number of oxime groups is 1. The molecule has 1 aromatic carbocycles. The molecule has 1 N–H and O–H groups in total. The lowest BCUT2D eigenvalue weighted by Crippen LogP contribution is -2.32. The summed E-state index contributed by atoms with van der Waals surface area (Å²) in [6.07, 6.45) is 1.11. The van der Waals surface area contributed by atoms with Crippen molar-refractivity contribution >= 4 is 11.7 Å². The van der Waals surface area contributed by atoms with Crippen molar-refractivity contribution in [1.82, 2.24) is 0 Å². The minimum atomic E-state index is -0.673. The summed E-state index contributed by atoms with van der Waals surface area (Å²) in [7, 11) is 0. The highest BCUT2D eigenvalue weighted by Gasteiger charge is 2.28. The standard InChI is InChI=1S/C15H19NO3/c1-5-12(15(2,3)4)19-14(17)13(16-18)11-9-7-6-8-10-11/h5-10,12,18H,1H2,2-4H3/b16-13-. The molecule has 0 bridgehead atoms. The molecule has 4 heteroatoms. The molecule has 0 aliphatic carbocycles. The summed E-state index contributed by atoms with van der Waals surface area (Å²) in [5.41, 5.74) is 0.123. The third kappa shape index (κ3) is 3.95. The van der Waals surface area contributed by atoms with Crippen LogP contribution in [0.4, 0.5) is 0 Å². The number of esters is 1. The van der Waals surface area contributed by atoms with Gasteiger partial charge in [-0.05, 0) is 0 Å². The van der Waals surface area contributed by atoms with Gasteiger partial charge in [0.1, 0.15) is 6.10 Å². The zero-order chi connectivity index (χ0) is 14.5. The second-order valence-corrected chi connectivity index (χ2v) is 5.24. The van der Waals surface area contributed by atoms with E-state index in [1.54, 1.807) is 30.3 Å². The van der Waals surface area contributed by atoms with Crippen molar-refractivity contribution in [3.05, 3.63) is 48.6 Å². The van der Waals surface area contributed by atoms with Crippen molar-refractivity contribution in [1.29, 1.82) is 0 Å². The van der Waals surface area contributed by atoms with Crippen molar-refractivity contribution in [2.45, 2.75) is 26.9 Å². The van der Waals surface area contributed by atoms with Gasteiger partial charge in [-0.25, -0.2) is 4.79 Å². The summed E-state index contributed by atoms with van der Waals surface area (Å²) < 4.78 is 5.32. The van der Waals surface area contributed by atoms with E-state index in [4.69, 9.17) is 9.94 Å². The Morgan fingerprint density at radius 2 is 1.95 bits per heavy atom. The quantitative estimate of drug-likeness (QED) is 0.298. The number of carbonyl (C=O) groups is 1. The van der Waals surface area contributed by atoms with Crippen molar-refractivity contribution < 1.29 is 14.7 Å².